The number of hydrogen-bond donors (Lipinski definition) is 0. The van der Waals surface area contributed by atoms with Gasteiger partial charge in [-0.15, -0.1) is 0 Å². The number of ether oxygens (including phenoxy) is 1. The zero-order valence-corrected chi connectivity index (χ0v) is 13.0. The van der Waals surface area contributed by atoms with E-state index in [1.807, 2.05) is 11.3 Å². The molecule has 1 aliphatic heterocycles. The van der Waals surface area contributed by atoms with Crippen molar-refractivity contribution in [3.8, 4) is 0 Å². The lowest BCUT2D eigenvalue weighted by Crippen LogP contribution is -2.40. The summed E-state index contributed by atoms with van der Waals surface area (Å²) in [6.07, 6.45) is 0. The maximum Gasteiger partial charge on any atom is 0.166 e. The molecular formula is C12H21OS2Si+. The summed E-state index contributed by atoms with van der Waals surface area (Å²) in [5.74, 6) is 1.28. The van der Waals surface area contributed by atoms with Crippen LogP contribution in [0.1, 0.15) is 10.8 Å². The van der Waals surface area contributed by atoms with Crippen molar-refractivity contribution in [1.29, 1.82) is 0 Å². The Morgan fingerprint density at radius 2 is 2.31 bits per heavy atom. The first kappa shape index (κ1) is 12.7. The maximum atomic E-state index is 5.68. The molecule has 1 saturated heterocycles. The monoisotopic (exact) mass is 273 g/mol. The second-order valence-corrected chi connectivity index (χ2v) is 14.7. The van der Waals surface area contributed by atoms with Gasteiger partial charge in [0.2, 0.25) is 0 Å². The molecule has 4 heteroatoms. The van der Waals surface area contributed by atoms with Gasteiger partial charge in [0.25, 0.3) is 0 Å². The molecule has 0 bridgehead atoms. The van der Waals surface area contributed by atoms with Crippen molar-refractivity contribution < 1.29 is 4.74 Å². The second-order valence-electron chi connectivity index (χ2n) is 5.57. The highest BCUT2D eigenvalue weighted by Gasteiger charge is 2.39. The van der Waals surface area contributed by atoms with E-state index in [4.69, 9.17) is 4.74 Å². The molecule has 1 nitrogen and oxygen atoms in total. The number of thiophene rings is 1. The van der Waals surface area contributed by atoms with Gasteiger partial charge in [0.05, 0.1) is 18.6 Å². The normalized spacial score (nSPS) is 26.9. The molecule has 1 aromatic heterocycles. The van der Waals surface area contributed by atoms with E-state index in [1.54, 1.807) is 0 Å². The van der Waals surface area contributed by atoms with Gasteiger partial charge in [-0.05, 0) is 27.7 Å². The molecule has 0 N–H and O–H groups in total. The van der Waals surface area contributed by atoms with Crippen LogP contribution in [0.25, 0.3) is 0 Å². The smallest absolute Gasteiger partial charge is 0.166 e. The first-order valence-electron chi connectivity index (χ1n) is 5.82. The summed E-state index contributed by atoms with van der Waals surface area (Å²) >= 11 is 1.81. The topological polar surface area (TPSA) is 9.23 Å². The van der Waals surface area contributed by atoms with Crippen LogP contribution in [0.5, 0.6) is 0 Å². The van der Waals surface area contributed by atoms with Gasteiger partial charge in [0, 0.05) is 5.56 Å². The zero-order chi connectivity index (χ0) is 11.6. The fraction of sp³-hybridized carbons (Fsp3) is 0.667. The van der Waals surface area contributed by atoms with E-state index in [0.29, 0.717) is 16.1 Å². The van der Waals surface area contributed by atoms with E-state index in [0.717, 1.165) is 13.2 Å². The van der Waals surface area contributed by atoms with Crippen LogP contribution in [0.15, 0.2) is 16.8 Å². The van der Waals surface area contributed by atoms with E-state index in [-0.39, 0.29) is 0 Å². The summed E-state index contributed by atoms with van der Waals surface area (Å²) in [7, 11) is -0.377. The van der Waals surface area contributed by atoms with E-state index in [1.165, 1.54) is 16.7 Å². The molecular weight excluding hydrogens is 252 g/mol. The van der Waals surface area contributed by atoms with Gasteiger partial charge < -0.3 is 4.74 Å². The number of rotatable bonds is 3. The van der Waals surface area contributed by atoms with Crippen molar-refractivity contribution in [2.75, 3.05) is 24.3 Å². The molecule has 0 aromatic carbocycles. The third-order valence-electron chi connectivity index (χ3n) is 2.69. The van der Waals surface area contributed by atoms with Gasteiger partial charge in [-0.25, -0.2) is 0 Å². The van der Waals surface area contributed by atoms with Gasteiger partial charge in [-0.3, -0.25) is 0 Å². The lowest BCUT2D eigenvalue weighted by atomic mass is 10.2. The molecule has 1 aliphatic rings. The van der Waals surface area contributed by atoms with Crippen molar-refractivity contribution in [3.63, 3.8) is 0 Å². The Kier molecular flexibility index (Phi) is 4.16. The summed E-state index contributed by atoms with van der Waals surface area (Å²) in [5, 5.41) is 6.66. The van der Waals surface area contributed by atoms with Crippen LogP contribution in [-0.2, 0) is 15.6 Å². The molecule has 1 fully saturated rings. The fourth-order valence-corrected chi connectivity index (χ4v) is 10.1. The molecule has 16 heavy (non-hydrogen) atoms. The lowest BCUT2D eigenvalue weighted by Gasteiger charge is -2.27. The van der Waals surface area contributed by atoms with Crippen LogP contribution < -0.4 is 0 Å². The summed E-state index contributed by atoms with van der Waals surface area (Å²) in [6.45, 7) is 9.39. The number of hydrogen-bond acceptors (Lipinski definition) is 2. The molecule has 90 valence electrons. The van der Waals surface area contributed by atoms with Gasteiger partial charge in [0.1, 0.15) is 13.8 Å². The summed E-state index contributed by atoms with van der Waals surface area (Å²) in [6, 6.07) is 2.29. The highest BCUT2D eigenvalue weighted by Crippen LogP contribution is 2.31. The van der Waals surface area contributed by atoms with E-state index < -0.39 is 8.07 Å². The predicted molar refractivity (Wildman–Crippen MR) is 78.3 cm³/mol. The Bertz CT molecular complexity index is 318. The minimum Gasteiger partial charge on any atom is -0.371 e. The molecule has 0 amide bonds. The quantitative estimate of drug-likeness (QED) is 0.606. The van der Waals surface area contributed by atoms with Crippen molar-refractivity contribution in [2.45, 2.75) is 24.9 Å². The van der Waals surface area contributed by atoms with E-state index >= 15 is 0 Å². The minimum absolute atomic E-state index is 0.562. The minimum atomic E-state index is -0.939. The highest BCUT2D eigenvalue weighted by atomic mass is 32.2. The Morgan fingerprint density at radius 3 is 2.94 bits per heavy atom. The zero-order valence-electron chi connectivity index (χ0n) is 10.4. The predicted octanol–water partition coefficient (Wildman–Crippen LogP) is 3.32. The molecule has 0 aliphatic carbocycles. The van der Waals surface area contributed by atoms with Gasteiger partial charge in [-0.1, -0.05) is 19.6 Å². The summed E-state index contributed by atoms with van der Waals surface area (Å²) in [5.41, 5.74) is 1.52. The maximum absolute atomic E-state index is 5.68. The SMILES string of the molecule is C[Si](C)(C)C[S+]1CCOC[C@H]1c1ccsc1. The fourth-order valence-electron chi connectivity index (χ4n) is 2.07. The molecule has 2 atom stereocenters. The second kappa shape index (κ2) is 5.25. The highest BCUT2D eigenvalue weighted by molar-refractivity contribution is 7.98. The molecule has 2 heterocycles. The van der Waals surface area contributed by atoms with Crippen LogP contribution in [0.2, 0.25) is 19.6 Å². The van der Waals surface area contributed by atoms with Gasteiger partial charge >= 0.3 is 0 Å². The molecule has 1 aromatic rings. The Labute approximate surface area is 107 Å². The Balaban J connectivity index is 2.08. The lowest BCUT2D eigenvalue weighted by molar-refractivity contribution is 0.142. The van der Waals surface area contributed by atoms with Crippen molar-refractivity contribution >= 4 is 30.3 Å². The van der Waals surface area contributed by atoms with Gasteiger partial charge in [-0.2, -0.15) is 11.3 Å². The van der Waals surface area contributed by atoms with Crippen LogP contribution in [0.4, 0.5) is 0 Å². The molecule has 2 rings (SSSR count). The van der Waals surface area contributed by atoms with Crippen molar-refractivity contribution in [1.82, 2.24) is 0 Å². The van der Waals surface area contributed by atoms with Crippen LogP contribution in [0, 0.1) is 0 Å². The van der Waals surface area contributed by atoms with Crippen LogP contribution >= 0.6 is 11.3 Å². The molecule has 1 unspecified atom stereocenters. The average molecular weight is 274 g/mol. The van der Waals surface area contributed by atoms with Crippen molar-refractivity contribution in [2.24, 2.45) is 0 Å². The summed E-state index contributed by atoms with van der Waals surface area (Å²) < 4.78 is 5.68. The van der Waals surface area contributed by atoms with Crippen molar-refractivity contribution in [3.05, 3.63) is 22.4 Å². The molecule has 0 spiro atoms. The average Bonchev–Trinajstić information content (AvgIpc) is 2.69. The standard InChI is InChI=1S/C12H21OS2Si/c1-16(2,3)10-15-7-5-13-8-12(15)11-4-6-14-9-11/h4,6,9,12H,5,7-8,10H2,1-3H3/q+1/t12-,15?/m0/s1. The molecule has 0 radical (unpaired) electrons. The first-order chi connectivity index (χ1) is 7.56. The van der Waals surface area contributed by atoms with Crippen LogP contribution in [-0.4, -0.2) is 32.4 Å². The van der Waals surface area contributed by atoms with E-state index in [2.05, 4.69) is 36.5 Å². The Morgan fingerprint density at radius 1 is 1.50 bits per heavy atom. The van der Waals surface area contributed by atoms with Crippen LogP contribution in [0.3, 0.4) is 0 Å². The van der Waals surface area contributed by atoms with Gasteiger partial charge in [0.15, 0.2) is 5.25 Å². The third-order valence-corrected chi connectivity index (χ3v) is 10.2. The molecule has 0 saturated carbocycles. The summed E-state index contributed by atoms with van der Waals surface area (Å²) in [4.78, 5) is 0. The third kappa shape index (κ3) is 3.36. The Hall–Kier alpha value is 0.227. The largest absolute Gasteiger partial charge is 0.371 e. The van der Waals surface area contributed by atoms with E-state index in [9.17, 15) is 0 Å². The first-order valence-corrected chi connectivity index (χ1v) is 12.1.